The quantitative estimate of drug-likeness (QED) is 0.429. The maximum absolute atomic E-state index is 11.6. The Balaban J connectivity index is 1.73. The highest BCUT2D eigenvalue weighted by molar-refractivity contribution is 7.98. The van der Waals surface area contributed by atoms with Crippen LogP contribution in [0.3, 0.4) is 0 Å². The Kier molecular flexibility index (Phi) is 4.39. The molecule has 0 spiro atoms. The first-order chi connectivity index (χ1) is 11.1. The van der Waals surface area contributed by atoms with E-state index in [2.05, 4.69) is 10.2 Å². The molecule has 0 aliphatic rings. The number of rotatable bonds is 5. The first kappa shape index (κ1) is 15.6. The van der Waals surface area contributed by atoms with Crippen LogP contribution in [-0.2, 0) is 10.5 Å². The second kappa shape index (κ2) is 6.47. The summed E-state index contributed by atoms with van der Waals surface area (Å²) in [4.78, 5) is 12.5. The van der Waals surface area contributed by atoms with Gasteiger partial charge in [0.1, 0.15) is 17.1 Å². The van der Waals surface area contributed by atoms with Crippen LogP contribution < -0.4 is 5.84 Å². The predicted octanol–water partition coefficient (Wildman–Crippen LogP) is 2.70. The van der Waals surface area contributed by atoms with Gasteiger partial charge in [-0.2, -0.15) is 0 Å². The highest BCUT2D eigenvalue weighted by Gasteiger charge is 2.17. The molecule has 3 heterocycles. The monoisotopic (exact) mass is 350 g/mol. The van der Waals surface area contributed by atoms with Crippen LogP contribution in [0.25, 0.3) is 10.7 Å². The van der Waals surface area contributed by atoms with E-state index in [-0.39, 0.29) is 0 Å². The smallest absolute Gasteiger partial charge is 0.341 e. The lowest BCUT2D eigenvalue weighted by Gasteiger charge is -2.00. The minimum atomic E-state index is -0.413. The topological polar surface area (TPSA) is 96.2 Å². The van der Waals surface area contributed by atoms with Gasteiger partial charge < -0.3 is 15.0 Å². The van der Waals surface area contributed by atoms with Gasteiger partial charge in [-0.3, -0.25) is 0 Å². The molecule has 0 unspecified atom stereocenters. The lowest BCUT2D eigenvalue weighted by molar-refractivity contribution is 0.0599. The highest BCUT2D eigenvalue weighted by Crippen LogP contribution is 2.28. The number of carbonyl (C=O) groups excluding carboxylic acids is 1. The van der Waals surface area contributed by atoms with Crippen molar-refractivity contribution in [2.75, 3.05) is 13.0 Å². The van der Waals surface area contributed by atoms with Crippen molar-refractivity contribution in [3.63, 3.8) is 0 Å². The number of aryl methyl sites for hydroxylation is 1. The molecule has 0 fully saturated rings. The number of nitrogens with zero attached hydrogens (tertiary/aromatic N) is 3. The van der Waals surface area contributed by atoms with Crippen LogP contribution in [0.15, 0.2) is 33.2 Å². The Hall–Kier alpha value is -2.26. The molecule has 0 atom stereocenters. The van der Waals surface area contributed by atoms with Crippen LogP contribution in [0.4, 0.5) is 0 Å². The molecule has 120 valence electrons. The highest BCUT2D eigenvalue weighted by atomic mass is 32.2. The van der Waals surface area contributed by atoms with Crippen molar-refractivity contribution in [1.29, 1.82) is 0 Å². The maximum Gasteiger partial charge on any atom is 0.341 e. The molecule has 3 rings (SSSR count). The van der Waals surface area contributed by atoms with Gasteiger partial charge in [0.25, 0.3) is 0 Å². The third kappa shape index (κ3) is 3.10. The zero-order valence-corrected chi connectivity index (χ0v) is 14.1. The Morgan fingerprint density at radius 3 is 3.04 bits per heavy atom. The van der Waals surface area contributed by atoms with Crippen molar-refractivity contribution in [3.05, 3.63) is 40.7 Å². The molecule has 3 aromatic heterocycles. The fourth-order valence-electron chi connectivity index (χ4n) is 2.01. The van der Waals surface area contributed by atoms with E-state index in [0.717, 1.165) is 4.88 Å². The number of hydrogen-bond acceptors (Lipinski definition) is 8. The van der Waals surface area contributed by atoms with Gasteiger partial charge in [-0.25, -0.2) is 9.47 Å². The Morgan fingerprint density at radius 1 is 1.52 bits per heavy atom. The van der Waals surface area contributed by atoms with Crippen LogP contribution >= 0.6 is 23.1 Å². The number of nitrogen functional groups attached to an aromatic ring is 1. The summed E-state index contributed by atoms with van der Waals surface area (Å²) in [5.41, 5.74) is 0.427. The molecule has 0 saturated heterocycles. The van der Waals surface area contributed by atoms with Crippen LogP contribution in [0.5, 0.6) is 0 Å². The zero-order valence-electron chi connectivity index (χ0n) is 12.5. The Labute approximate surface area is 140 Å². The molecular formula is C14H14N4O3S2. The molecular weight excluding hydrogens is 336 g/mol. The number of thioether (sulfide) groups is 1. The normalized spacial score (nSPS) is 10.9. The summed E-state index contributed by atoms with van der Waals surface area (Å²) >= 11 is 2.93. The van der Waals surface area contributed by atoms with Gasteiger partial charge >= 0.3 is 5.97 Å². The molecule has 0 aromatic carbocycles. The van der Waals surface area contributed by atoms with Crippen LogP contribution in [0.2, 0.25) is 0 Å². The lowest BCUT2D eigenvalue weighted by Crippen LogP contribution is -2.11. The summed E-state index contributed by atoms with van der Waals surface area (Å²) in [6.45, 7) is 1.72. The maximum atomic E-state index is 11.6. The summed E-state index contributed by atoms with van der Waals surface area (Å²) in [5.74, 6) is 7.90. The van der Waals surface area contributed by atoms with E-state index in [9.17, 15) is 4.79 Å². The van der Waals surface area contributed by atoms with E-state index >= 15 is 0 Å². The first-order valence-electron chi connectivity index (χ1n) is 6.65. The van der Waals surface area contributed by atoms with Gasteiger partial charge in [0.05, 0.1) is 17.7 Å². The average Bonchev–Trinajstić information content (AvgIpc) is 3.25. The first-order valence-corrected chi connectivity index (χ1v) is 8.51. The largest absolute Gasteiger partial charge is 0.465 e. The van der Waals surface area contributed by atoms with E-state index in [1.165, 1.54) is 23.5 Å². The van der Waals surface area contributed by atoms with E-state index in [0.29, 0.717) is 33.8 Å². The molecule has 0 radical (unpaired) electrons. The van der Waals surface area contributed by atoms with Gasteiger partial charge in [0.15, 0.2) is 5.82 Å². The number of ether oxygens (including phenoxy) is 1. The van der Waals surface area contributed by atoms with Crippen molar-refractivity contribution < 1.29 is 13.9 Å². The minimum Gasteiger partial charge on any atom is -0.465 e. The van der Waals surface area contributed by atoms with Crippen molar-refractivity contribution in [2.45, 2.75) is 17.8 Å². The molecule has 0 saturated carbocycles. The number of esters is 1. The van der Waals surface area contributed by atoms with Gasteiger partial charge in [-0.05, 0) is 24.4 Å². The van der Waals surface area contributed by atoms with E-state index in [1.807, 2.05) is 17.5 Å². The molecule has 2 N–H and O–H groups in total. The summed E-state index contributed by atoms with van der Waals surface area (Å²) in [5, 5.41) is 10.7. The second-order valence-electron chi connectivity index (χ2n) is 4.62. The Bertz CT molecular complexity index is 823. The van der Waals surface area contributed by atoms with E-state index in [1.54, 1.807) is 24.3 Å². The number of aromatic nitrogens is 3. The van der Waals surface area contributed by atoms with Crippen molar-refractivity contribution in [3.8, 4) is 10.7 Å². The SMILES string of the molecule is COC(=O)c1cc(CSc2nnc(-c3cccs3)n2N)oc1C. The molecule has 0 amide bonds. The molecule has 0 aliphatic carbocycles. The lowest BCUT2D eigenvalue weighted by atomic mass is 10.2. The van der Waals surface area contributed by atoms with Crippen LogP contribution in [0.1, 0.15) is 21.9 Å². The molecule has 9 heteroatoms. The third-order valence-corrected chi connectivity index (χ3v) is 4.95. The van der Waals surface area contributed by atoms with E-state index in [4.69, 9.17) is 15.0 Å². The standard InChI is InChI=1S/C14H14N4O3S2/c1-8-10(13(19)20-2)6-9(21-8)7-23-14-17-16-12(18(14)15)11-4-3-5-22-11/h3-6H,7,15H2,1-2H3. The summed E-state index contributed by atoms with van der Waals surface area (Å²) < 4.78 is 11.7. The van der Waals surface area contributed by atoms with Crippen molar-refractivity contribution in [2.24, 2.45) is 0 Å². The number of nitrogens with two attached hydrogens (primary N) is 1. The average molecular weight is 350 g/mol. The third-order valence-electron chi connectivity index (χ3n) is 3.12. The van der Waals surface area contributed by atoms with Gasteiger partial charge in [-0.1, -0.05) is 17.8 Å². The van der Waals surface area contributed by atoms with Gasteiger partial charge in [0, 0.05) is 0 Å². The van der Waals surface area contributed by atoms with E-state index < -0.39 is 5.97 Å². The minimum absolute atomic E-state index is 0.413. The fourth-order valence-corrected chi connectivity index (χ4v) is 3.46. The van der Waals surface area contributed by atoms with Gasteiger partial charge in [0.2, 0.25) is 5.16 Å². The fraction of sp³-hybridized carbons (Fsp3) is 0.214. The molecule has 3 aromatic rings. The Morgan fingerprint density at radius 2 is 2.35 bits per heavy atom. The molecule has 0 aliphatic heterocycles. The zero-order chi connectivity index (χ0) is 16.4. The molecule has 0 bridgehead atoms. The van der Waals surface area contributed by atoms with Crippen molar-refractivity contribution >= 4 is 29.1 Å². The van der Waals surface area contributed by atoms with Gasteiger partial charge in [-0.15, -0.1) is 21.5 Å². The molecule has 7 nitrogen and oxygen atoms in total. The van der Waals surface area contributed by atoms with Crippen LogP contribution in [-0.4, -0.2) is 28.0 Å². The number of hydrogen-bond donors (Lipinski definition) is 1. The number of methoxy groups -OCH3 is 1. The van der Waals surface area contributed by atoms with Crippen LogP contribution in [0, 0.1) is 6.92 Å². The summed E-state index contributed by atoms with van der Waals surface area (Å²) in [6, 6.07) is 5.54. The summed E-state index contributed by atoms with van der Waals surface area (Å²) in [7, 11) is 1.34. The number of thiophene rings is 1. The predicted molar refractivity (Wildman–Crippen MR) is 87.8 cm³/mol. The van der Waals surface area contributed by atoms with Crippen molar-refractivity contribution in [1.82, 2.24) is 14.9 Å². The summed E-state index contributed by atoms with van der Waals surface area (Å²) in [6.07, 6.45) is 0. The molecule has 23 heavy (non-hydrogen) atoms. The number of furan rings is 1. The second-order valence-corrected chi connectivity index (χ2v) is 6.51. The number of carbonyl (C=O) groups is 1.